The standard InChI is InChI=1S/C23H32O2/c1-15(16-9-11-18(25-8)12-10-16)17-13-19(22(2,3)4)21(24)20(14-17)23(5,6)7/h9-15,24H,1-8H3/t15-/m1/s1. The van der Waals surface area contributed by atoms with Crippen molar-refractivity contribution in [1.29, 1.82) is 0 Å². The van der Waals surface area contributed by atoms with Crippen molar-refractivity contribution in [3.05, 3.63) is 58.7 Å². The van der Waals surface area contributed by atoms with E-state index in [2.05, 4.69) is 72.7 Å². The first-order chi connectivity index (χ1) is 11.4. The highest BCUT2D eigenvalue weighted by Crippen LogP contribution is 2.42. The summed E-state index contributed by atoms with van der Waals surface area (Å²) in [5.41, 5.74) is 4.27. The molecule has 0 aliphatic carbocycles. The molecule has 0 radical (unpaired) electrons. The van der Waals surface area contributed by atoms with E-state index in [1.165, 1.54) is 11.1 Å². The van der Waals surface area contributed by atoms with Gasteiger partial charge >= 0.3 is 0 Å². The first-order valence-corrected chi connectivity index (χ1v) is 8.97. The molecule has 2 aromatic rings. The van der Waals surface area contributed by atoms with Gasteiger partial charge in [0.1, 0.15) is 11.5 Å². The van der Waals surface area contributed by atoms with E-state index in [1.807, 2.05) is 12.1 Å². The van der Waals surface area contributed by atoms with Gasteiger partial charge in [0.05, 0.1) is 7.11 Å². The van der Waals surface area contributed by atoms with Crippen molar-refractivity contribution in [3.63, 3.8) is 0 Å². The van der Waals surface area contributed by atoms with Crippen molar-refractivity contribution < 1.29 is 9.84 Å². The third-order valence-corrected chi connectivity index (χ3v) is 4.86. The summed E-state index contributed by atoms with van der Waals surface area (Å²) in [6.07, 6.45) is 0. The largest absolute Gasteiger partial charge is 0.507 e. The van der Waals surface area contributed by atoms with E-state index in [-0.39, 0.29) is 16.7 Å². The fourth-order valence-electron chi connectivity index (χ4n) is 3.14. The molecule has 0 saturated heterocycles. The average Bonchev–Trinajstić information content (AvgIpc) is 2.52. The van der Waals surface area contributed by atoms with Crippen LogP contribution in [0.15, 0.2) is 36.4 Å². The molecule has 0 aromatic heterocycles. The monoisotopic (exact) mass is 340 g/mol. The minimum Gasteiger partial charge on any atom is -0.507 e. The third kappa shape index (κ3) is 4.18. The molecule has 0 unspecified atom stereocenters. The number of phenolic OH excluding ortho intramolecular Hbond substituents is 1. The SMILES string of the molecule is COc1ccc([C@@H](C)c2cc(C(C)(C)C)c(O)c(C(C)(C)C)c2)cc1. The van der Waals surface area contributed by atoms with Crippen LogP contribution in [0, 0.1) is 0 Å². The van der Waals surface area contributed by atoms with Crippen LogP contribution in [0.25, 0.3) is 0 Å². The van der Waals surface area contributed by atoms with Gasteiger partial charge in [0, 0.05) is 5.92 Å². The van der Waals surface area contributed by atoms with E-state index in [1.54, 1.807) is 7.11 Å². The summed E-state index contributed by atoms with van der Waals surface area (Å²) in [4.78, 5) is 0. The fourth-order valence-corrected chi connectivity index (χ4v) is 3.14. The molecule has 2 heteroatoms. The van der Waals surface area contributed by atoms with Crippen LogP contribution in [0.2, 0.25) is 0 Å². The van der Waals surface area contributed by atoms with E-state index in [4.69, 9.17) is 4.74 Å². The molecule has 0 bridgehead atoms. The van der Waals surface area contributed by atoms with E-state index >= 15 is 0 Å². The predicted molar refractivity (Wildman–Crippen MR) is 106 cm³/mol. The molecule has 25 heavy (non-hydrogen) atoms. The van der Waals surface area contributed by atoms with Gasteiger partial charge in [-0.05, 0) is 45.2 Å². The van der Waals surface area contributed by atoms with Crippen molar-refractivity contribution in [3.8, 4) is 11.5 Å². The quantitative estimate of drug-likeness (QED) is 0.726. The van der Waals surface area contributed by atoms with E-state index in [0.717, 1.165) is 16.9 Å². The Labute approximate surface area is 152 Å². The molecule has 0 saturated carbocycles. The topological polar surface area (TPSA) is 29.5 Å². The van der Waals surface area contributed by atoms with Crippen LogP contribution >= 0.6 is 0 Å². The number of rotatable bonds is 3. The highest BCUT2D eigenvalue weighted by molar-refractivity contribution is 5.52. The number of methoxy groups -OCH3 is 1. The van der Waals surface area contributed by atoms with Gasteiger partial charge in [-0.25, -0.2) is 0 Å². The zero-order valence-electron chi connectivity index (χ0n) is 16.9. The average molecular weight is 341 g/mol. The van der Waals surface area contributed by atoms with Crippen LogP contribution in [-0.4, -0.2) is 12.2 Å². The van der Waals surface area contributed by atoms with Crippen LogP contribution in [0.1, 0.15) is 76.6 Å². The molecule has 0 heterocycles. The number of phenols is 1. The van der Waals surface area contributed by atoms with Gasteiger partial charge in [-0.3, -0.25) is 0 Å². The van der Waals surface area contributed by atoms with Crippen LogP contribution < -0.4 is 4.74 Å². The van der Waals surface area contributed by atoms with Gasteiger partial charge in [0.15, 0.2) is 0 Å². The van der Waals surface area contributed by atoms with Gasteiger partial charge in [0.2, 0.25) is 0 Å². The van der Waals surface area contributed by atoms with Crippen LogP contribution in [-0.2, 0) is 10.8 Å². The van der Waals surface area contributed by atoms with Crippen molar-refractivity contribution in [2.75, 3.05) is 7.11 Å². The lowest BCUT2D eigenvalue weighted by atomic mass is 9.76. The molecule has 0 aliphatic heterocycles. The molecule has 0 amide bonds. The number of aromatic hydroxyl groups is 1. The second kappa shape index (κ2) is 6.74. The minimum atomic E-state index is -0.111. The van der Waals surface area contributed by atoms with Crippen LogP contribution in [0.3, 0.4) is 0 Å². The van der Waals surface area contributed by atoms with Crippen molar-refractivity contribution >= 4 is 0 Å². The molecule has 0 spiro atoms. The van der Waals surface area contributed by atoms with Gasteiger partial charge < -0.3 is 9.84 Å². The van der Waals surface area contributed by atoms with E-state index in [0.29, 0.717) is 5.75 Å². The highest BCUT2D eigenvalue weighted by Gasteiger charge is 2.27. The summed E-state index contributed by atoms with van der Waals surface area (Å²) >= 11 is 0. The molecule has 1 atom stereocenters. The summed E-state index contributed by atoms with van der Waals surface area (Å²) in [7, 11) is 1.68. The summed E-state index contributed by atoms with van der Waals surface area (Å²) in [5, 5.41) is 10.9. The molecular formula is C23H32O2. The first kappa shape index (κ1) is 19.4. The zero-order chi connectivity index (χ0) is 19.0. The van der Waals surface area contributed by atoms with Gasteiger partial charge in [-0.1, -0.05) is 72.7 Å². The predicted octanol–water partition coefficient (Wildman–Crippen LogP) is 6.15. The van der Waals surface area contributed by atoms with E-state index < -0.39 is 0 Å². The Kier molecular flexibility index (Phi) is 5.22. The van der Waals surface area contributed by atoms with Gasteiger partial charge in [0.25, 0.3) is 0 Å². The Morgan fingerprint density at radius 3 is 1.60 bits per heavy atom. The van der Waals surface area contributed by atoms with Crippen LogP contribution in [0.4, 0.5) is 0 Å². The molecule has 2 rings (SSSR count). The second-order valence-corrected chi connectivity index (χ2v) is 8.96. The summed E-state index contributed by atoms with van der Waals surface area (Å²) in [5.74, 6) is 1.55. The molecular weight excluding hydrogens is 308 g/mol. The minimum absolute atomic E-state index is 0.111. The molecule has 0 aliphatic rings. The maximum Gasteiger partial charge on any atom is 0.123 e. The number of benzene rings is 2. The van der Waals surface area contributed by atoms with Gasteiger partial charge in [-0.15, -0.1) is 0 Å². The lowest BCUT2D eigenvalue weighted by Gasteiger charge is -2.29. The highest BCUT2D eigenvalue weighted by atomic mass is 16.5. The molecule has 2 nitrogen and oxygen atoms in total. The maximum atomic E-state index is 10.9. The normalized spacial score (nSPS) is 13.6. The van der Waals surface area contributed by atoms with Crippen LogP contribution in [0.5, 0.6) is 11.5 Å². The maximum absolute atomic E-state index is 10.9. The number of hydrogen-bond donors (Lipinski definition) is 1. The molecule has 1 N–H and O–H groups in total. The first-order valence-electron chi connectivity index (χ1n) is 8.97. The molecule has 0 fully saturated rings. The fraction of sp³-hybridized carbons (Fsp3) is 0.478. The summed E-state index contributed by atoms with van der Waals surface area (Å²) < 4.78 is 5.26. The van der Waals surface area contributed by atoms with Crippen molar-refractivity contribution in [2.24, 2.45) is 0 Å². The Balaban J connectivity index is 2.59. The summed E-state index contributed by atoms with van der Waals surface area (Å²) in [6, 6.07) is 12.6. The Hall–Kier alpha value is -1.96. The number of ether oxygens (including phenoxy) is 1. The van der Waals surface area contributed by atoms with Crippen molar-refractivity contribution in [1.82, 2.24) is 0 Å². The molecule has 136 valence electrons. The third-order valence-electron chi connectivity index (χ3n) is 4.86. The molecule has 2 aromatic carbocycles. The van der Waals surface area contributed by atoms with Crippen molar-refractivity contribution in [2.45, 2.75) is 65.2 Å². The second-order valence-electron chi connectivity index (χ2n) is 8.96. The number of hydrogen-bond acceptors (Lipinski definition) is 2. The Bertz CT molecular complexity index is 693. The van der Waals surface area contributed by atoms with E-state index in [9.17, 15) is 5.11 Å². The van der Waals surface area contributed by atoms with Gasteiger partial charge in [-0.2, -0.15) is 0 Å². The zero-order valence-corrected chi connectivity index (χ0v) is 16.9. The lowest BCUT2D eigenvalue weighted by molar-refractivity contribution is 0.414. The lowest BCUT2D eigenvalue weighted by Crippen LogP contribution is -2.18. The Morgan fingerprint density at radius 2 is 1.24 bits per heavy atom. The Morgan fingerprint density at radius 1 is 0.800 bits per heavy atom. The summed E-state index contributed by atoms with van der Waals surface area (Å²) in [6.45, 7) is 15.1. The smallest absolute Gasteiger partial charge is 0.123 e.